The first-order valence-electron chi connectivity index (χ1n) is 4.26. The Morgan fingerprint density at radius 1 is 1.20 bits per heavy atom. The zero-order chi connectivity index (χ0) is 11.5. The van der Waals surface area contributed by atoms with Crippen LogP contribution in [0.4, 0.5) is 18.9 Å². The van der Waals surface area contributed by atoms with Gasteiger partial charge in [0.2, 0.25) is 0 Å². The number of hydrogen-bond donors (Lipinski definition) is 3. The normalized spacial score (nSPS) is 11.3. The minimum Gasteiger partial charge on any atom is -0.436 e. The van der Waals surface area contributed by atoms with Crippen molar-refractivity contribution in [1.29, 1.82) is 0 Å². The van der Waals surface area contributed by atoms with Crippen LogP contribution in [-0.4, -0.2) is 12.1 Å². The highest BCUT2D eigenvalue weighted by molar-refractivity contribution is 6.45. The molecule has 0 unspecified atom stereocenters. The van der Waals surface area contributed by atoms with E-state index in [2.05, 4.69) is 10.8 Å². The quantitative estimate of drug-likeness (QED) is 0.534. The van der Waals surface area contributed by atoms with Crippen LogP contribution in [0.5, 0.6) is 0 Å². The van der Waals surface area contributed by atoms with Gasteiger partial charge in [-0.15, -0.1) is 0 Å². The fourth-order valence-electron chi connectivity index (χ4n) is 0.930. The predicted molar refractivity (Wildman–Crippen MR) is 52.0 cm³/mol. The number of nitrogens with one attached hydrogen (secondary N) is 2. The maximum Gasteiger partial charge on any atom is 0.416 e. The smallest absolute Gasteiger partial charge is 0.416 e. The van der Waals surface area contributed by atoms with Crippen molar-refractivity contribution in [2.75, 3.05) is 5.43 Å². The monoisotopic (exact) mass is 218 g/mol. The molecule has 0 saturated carbocycles. The van der Waals surface area contributed by atoms with Crippen molar-refractivity contribution < 1.29 is 18.2 Å². The van der Waals surface area contributed by atoms with Gasteiger partial charge < -0.3 is 10.4 Å². The maximum atomic E-state index is 12.2. The molecule has 0 bridgehead atoms. The average Bonchev–Trinajstić information content (AvgIpc) is 2.14. The lowest BCUT2D eigenvalue weighted by Crippen LogP contribution is -2.35. The fourth-order valence-corrected chi connectivity index (χ4v) is 0.930. The summed E-state index contributed by atoms with van der Waals surface area (Å²) in [5.41, 5.74) is 2.30. The molecule has 0 heterocycles. The molecule has 0 fully saturated rings. The molecule has 3 N–H and O–H groups in total. The highest BCUT2D eigenvalue weighted by Crippen LogP contribution is 2.29. The minimum atomic E-state index is -4.32. The highest BCUT2D eigenvalue weighted by Gasteiger charge is 2.29. The Labute approximate surface area is 85.4 Å². The van der Waals surface area contributed by atoms with E-state index in [0.29, 0.717) is 5.69 Å². The zero-order valence-electron chi connectivity index (χ0n) is 7.97. The molecule has 1 aromatic rings. The molecule has 1 rings (SSSR count). The first-order chi connectivity index (χ1) is 6.89. The Kier molecular flexibility index (Phi) is 3.59. The van der Waals surface area contributed by atoms with Crippen LogP contribution in [0.25, 0.3) is 0 Å². The van der Waals surface area contributed by atoms with Crippen LogP contribution in [0.1, 0.15) is 5.56 Å². The Morgan fingerprint density at radius 3 is 2.13 bits per heavy atom. The average molecular weight is 218 g/mol. The molecule has 0 aliphatic rings. The zero-order valence-corrected chi connectivity index (χ0v) is 7.97. The Morgan fingerprint density at radius 2 is 1.73 bits per heavy atom. The van der Waals surface area contributed by atoms with Gasteiger partial charge in [0.15, 0.2) is 0 Å². The Hall–Kier alpha value is -1.21. The number of halogens is 3. The van der Waals surface area contributed by atoms with E-state index in [0.717, 1.165) is 12.1 Å². The van der Waals surface area contributed by atoms with Gasteiger partial charge in [-0.05, 0) is 31.1 Å². The molecule has 7 heteroatoms. The van der Waals surface area contributed by atoms with Crippen LogP contribution < -0.4 is 10.8 Å². The number of benzene rings is 1. The van der Waals surface area contributed by atoms with Crippen molar-refractivity contribution in [1.82, 2.24) is 5.34 Å². The van der Waals surface area contributed by atoms with Crippen LogP contribution in [-0.2, 0) is 6.18 Å². The van der Waals surface area contributed by atoms with Crippen molar-refractivity contribution >= 4 is 12.7 Å². The standard InChI is InChI=1S/C8H10BF3N2O/c1-9(15)14-13-7-4-2-6(3-5-7)8(10,11)12/h2-5,13-15H,1H3. The molecule has 0 radical (unpaired) electrons. The number of anilines is 1. The minimum absolute atomic E-state index is 0.448. The van der Waals surface area contributed by atoms with Gasteiger partial charge in [-0.2, -0.15) is 13.2 Å². The van der Waals surface area contributed by atoms with Crippen LogP contribution in [0.2, 0.25) is 6.82 Å². The van der Waals surface area contributed by atoms with Gasteiger partial charge in [-0.3, -0.25) is 0 Å². The molecular weight excluding hydrogens is 208 g/mol. The molecule has 0 spiro atoms. The number of hydrazine groups is 1. The van der Waals surface area contributed by atoms with Gasteiger partial charge in [0, 0.05) is 5.69 Å². The van der Waals surface area contributed by atoms with Crippen molar-refractivity contribution in [3.05, 3.63) is 29.8 Å². The third kappa shape index (κ3) is 3.81. The third-order valence-electron chi connectivity index (χ3n) is 1.64. The third-order valence-corrected chi connectivity index (χ3v) is 1.64. The summed E-state index contributed by atoms with van der Waals surface area (Å²) in [6.07, 6.45) is -4.32. The van der Waals surface area contributed by atoms with Gasteiger partial charge in [0.1, 0.15) is 0 Å². The molecule has 15 heavy (non-hydrogen) atoms. The van der Waals surface area contributed by atoms with Gasteiger partial charge >= 0.3 is 13.2 Å². The second-order valence-corrected chi connectivity index (χ2v) is 3.02. The maximum absolute atomic E-state index is 12.2. The topological polar surface area (TPSA) is 44.3 Å². The molecule has 82 valence electrons. The molecule has 0 aromatic heterocycles. The highest BCUT2D eigenvalue weighted by atomic mass is 19.4. The summed E-state index contributed by atoms with van der Waals surface area (Å²) in [4.78, 5) is 0. The van der Waals surface area contributed by atoms with E-state index in [9.17, 15) is 13.2 Å². The van der Waals surface area contributed by atoms with E-state index in [1.54, 1.807) is 0 Å². The first kappa shape index (κ1) is 11.9. The predicted octanol–water partition coefficient (Wildman–Crippen LogP) is 1.73. The van der Waals surface area contributed by atoms with E-state index >= 15 is 0 Å². The summed E-state index contributed by atoms with van der Waals surface area (Å²) in [5.74, 6) is 0. The van der Waals surface area contributed by atoms with Crippen molar-refractivity contribution in [2.24, 2.45) is 0 Å². The Bertz CT molecular complexity index is 313. The number of hydrogen-bond acceptors (Lipinski definition) is 3. The second-order valence-electron chi connectivity index (χ2n) is 3.02. The van der Waals surface area contributed by atoms with Crippen LogP contribution in [0.15, 0.2) is 24.3 Å². The Balaban J connectivity index is 2.65. The van der Waals surface area contributed by atoms with E-state index < -0.39 is 18.8 Å². The van der Waals surface area contributed by atoms with Crippen molar-refractivity contribution in [3.63, 3.8) is 0 Å². The van der Waals surface area contributed by atoms with Crippen molar-refractivity contribution in [3.8, 4) is 0 Å². The lowest BCUT2D eigenvalue weighted by molar-refractivity contribution is -0.137. The molecule has 0 atom stereocenters. The van der Waals surface area contributed by atoms with Crippen molar-refractivity contribution in [2.45, 2.75) is 13.0 Å². The van der Waals surface area contributed by atoms with Crippen LogP contribution in [0.3, 0.4) is 0 Å². The van der Waals surface area contributed by atoms with E-state index in [-0.39, 0.29) is 0 Å². The molecule has 1 aromatic carbocycles. The van der Waals surface area contributed by atoms with Gasteiger partial charge in [-0.1, -0.05) is 0 Å². The number of rotatable bonds is 3. The fraction of sp³-hybridized carbons (Fsp3) is 0.250. The van der Waals surface area contributed by atoms with Gasteiger partial charge in [0.25, 0.3) is 0 Å². The van der Waals surface area contributed by atoms with E-state index in [4.69, 9.17) is 5.02 Å². The second kappa shape index (κ2) is 4.54. The van der Waals surface area contributed by atoms with E-state index in [1.807, 2.05) is 0 Å². The number of alkyl halides is 3. The summed E-state index contributed by atoms with van der Waals surface area (Å²) in [6.45, 7) is 1.48. The molecular formula is C8H10BF3N2O. The van der Waals surface area contributed by atoms with E-state index in [1.165, 1.54) is 19.0 Å². The largest absolute Gasteiger partial charge is 0.436 e. The SMILES string of the molecule is CB(O)NNc1ccc(C(F)(F)F)cc1. The molecule has 0 saturated heterocycles. The lowest BCUT2D eigenvalue weighted by Gasteiger charge is -2.10. The van der Waals surface area contributed by atoms with Crippen LogP contribution >= 0.6 is 0 Å². The van der Waals surface area contributed by atoms with Gasteiger partial charge in [0.05, 0.1) is 5.56 Å². The molecule has 3 nitrogen and oxygen atoms in total. The summed E-state index contributed by atoms with van der Waals surface area (Å²) in [5, 5.41) is 11.3. The van der Waals surface area contributed by atoms with Crippen LogP contribution in [0, 0.1) is 0 Å². The summed E-state index contributed by atoms with van der Waals surface area (Å²) >= 11 is 0. The first-order valence-corrected chi connectivity index (χ1v) is 4.26. The summed E-state index contributed by atoms with van der Waals surface area (Å²) in [6, 6.07) is 4.48. The lowest BCUT2D eigenvalue weighted by atomic mass is 9.91. The van der Waals surface area contributed by atoms with Gasteiger partial charge in [-0.25, -0.2) is 5.34 Å². The molecule has 0 amide bonds. The molecule has 0 aliphatic carbocycles. The molecule has 0 aliphatic heterocycles. The summed E-state index contributed by atoms with van der Waals surface area (Å²) < 4.78 is 36.5. The summed E-state index contributed by atoms with van der Waals surface area (Å²) in [7, 11) is -0.785.